The van der Waals surface area contributed by atoms with Crippen LogP contribution in [0.5, 0.6) is 17.2 Å². The maximum Gasteiger partial charge on any atom is 0.335 e. The van der Waals surface area contributed by atoms with Crippen LogP contribution in [0.4, 0.5) is 5.69 Å². The van der Waals surface area contributed by atoms with E-state index in [9.17, 15) is 19.5 Å². The molecule has 0 atom stereocenters. The highest BCUT2D eigenvalue weighted by Crippen LogP contribution is 2.36. The van der Waals surface area contributed by atoms with E-state index >= 15 is 0 Å². The molecule has 2 rings (SSSR count). The average molecular weight is 387 g/mol. The standard InChI is InChI=1S/C20H21NO7/c1-26-14-6-4-12(5-7-14)16(22)8-9-18(23)21-15-10-13(20(24)25)11-17(27-2)19(15)28-3/h4-7,10-11H,8-9H2,1-3H3,(H,21,23)(H,24,25). The Balaban J connectivity index is 2.08. The largest absolute Gasteiger partial charge is 0.497 e. The van der Waals surface area contributed by atoms with Gasteiger partial charge in [-0.1, -0.05) is 0 Å². The molecule has 2 aromatic carbocycles. The van der Waals surface area contributed by atoms with Gasteiger partial charge in [0.15, 0.2) is 17.3 Å². The van der Waals surface area contributed by atoms with E-state index in [-0.39, 0.29) is 41.4 Å². The molecule has 2 aromatic rings. The lowest BCUT2D eigenvalue weighted by molar-refractivity contribution is -0.116. The number of methoxy groups -OCH3 is 3. The summed E-state index contributed by atoms with van der Waals surface area (Å²) >= 11 is 0. The van der Waals surface area contributed by atoms with Crippen LogP contribution >= 0.6 is 0 Å². The van der Waals surface area contributed by atoms with Crippen molar-refractivity contribution >= 4 is 23.3 Å². The van der Waals surface area contributed by atoms with Crippen molar-refractivity contribution < 1.29 is 33.7 Å². The Labute approximate surface area is 162 Å². The minimum atomic E-state index is -1.17. The maximum atomic E-state index is 12.3. The van der Waals surface area contributed by atoms with E-state index in [2.05, 4.69) is 5.32 Å². The molecule has 0 aliphatic carbocycles. The van der Waals surface area contributed by atoms with E-state index in [1.54, 1.807) is 24.3 Å². The molecule has 0 unspecified atom stereocenters. The highest BCUT2D eigenvalue weighted by molar-refractivity contribution is 6.01. The van der Waals surface area contributed by atoms with Gasteiger partial charge in [-0.2, -0.15) is 0 Å². The Bertz CT molecular complexity index is 875. The number of nitrogens with one attached hydrogen (secondary N) is 1. The molecule has 0 aliphatic rings. The van der Waals surface area contributed by atoms with E-state index < -0.39 is 11.9 Å². The number of Topliss-reactive ketones (excluding diaryl/α,β-unsaturated/α-hetero) is 1. The molecule has 0 spiro atoms. The summed E-state index contributed by atoms with van der Waals surface area (Å²) in [6.45, 7) is 0. The molecule has 0 aliphatic heterocycles. The molecule has 0 heterocycles. The van der Waals surface area contributed by atoms with Crippen molar-refractivity contribution in [3.05, 3.63) is 47.5 Å². The van der Waals surface area contributed by atoms with Gasteiger partial charge in [0.1, 0.15) is 5.75 Å². The molecule has 0 aromatic heterocycles. The molecule has 0 fully saturated rings. The topological polar surface area (TPSA) is 111 Å². The van der Waals surface area contributed by atoms with Crippen molar-refractivity contribution in [3.63, 3.8) is 0 Å². The third-order valence-corrected chi connectivity index (χ3v) is 3.99. The first-order valence-corrected chi connectivity index (χ1v) is 8.36. The maximum absolute atomic E-state index is 12.3. The number of carboxylic acids is 1. The monoisotopic (exact) mass is 387 g/mol. The second-order valence-electron chi connectivity index (χ2n) is 5.76. The molecule has 2 N–H and O–H groups in total. The summed E-state index contributed by atoms with van der Waals surface area (Å²) in [7, 11) is 4.27. The van der Waals surface area contributed by atoms with Crippen molar-refractivity contribution in [1.29, 1.82) is 0 Å². The third kappa shape index (κ3) is 5.00. The molecule has 8 nitrogen and oxygen atoms in total. The van der Waals surface area contributed by atoms with Gasteiger partial charge in [0.2, 0.25) is 5.91 Å². The second-order valence-corrected chi connectivity index (χ2v) is 5.76. The Morgan fingerprint density at radius 1 is 0.893 bits per heavy atom. The zero-order valence-electron chi connectivity index (χ0n) is 15.8. The van der Waals surface area contributed by atoms with Gasteiger partial charge in [-0.25, -0.2) is 4.79 Å². The zero-order valence-corrected chi connectivity index (χ0v) is 15.8. The lowest BCUT2D eigenvalue weighted by Gasteiger charge is -2.14. The van der Waals surface area contributed by atoms with Crippen LogP contribution in [0.25, 0.3) is 0 Å². The van der Waals surface area contributed by atoms with Crippen LogP contribution in [-0.2, 0) is 4.79 Å². The Morgan fingerprint density at radius 2 is 1.57 bits per heavy atom. The van der Waals surface area contributed by atoms with Crippen LogP contribution in [0.2, 0.25) is 0 Å². The normalized spacial score (nSPS) is 10.1. The minimum absolute atomic E-state index is 0.00374. The number of benzene rings is 2. The number of carbonyl (C=O) groups excluding carboxylic acids is 2. The van der Waals surface area contributed by atoms with E-state index in [0.717, 1.165) is 0 Å². The van der Waals surface area contributed by atoms with Gasteiger partial charge >= 0.3 is 5.97 Å². The molecule has 0 saturated heterocycles. The smallest absolute Gasteiger partial charge is 0.335 e. The van der Waals surface area contributed by atoms with Gasteiger partial charge < -0.3 is 24.6 Å². The average Bonchev–Trinajstić information content (AvgIpc) is 2.71. The zero-order chi connectivity index (χ0) is 20.7. The molecule has 0 saturated carbocycles. The first kappa shape index (κ1) is 20.8. The van der Waals surface area contributed by atoms with E-state index in [1.807, 2.05) is 0 Å². The van der Waals surface area contributed by atoms with Crippen molar-refractivity contribution in [3.8, 4) is 17.2 Å². The van der Waals surface area contributed by atoms with Gasteiger partial charge in [0.25, 0.3) is 0 Å². The summed E-state index contributed by atoms with van der Waals surface area (Å²) < 4.78 is 15.4. The summed E-state index contributed by atoms with van der Waals surface area (Å²) in [4.78, 5) is 35.8. The van der Waals surface area contributed by atoms with E-state index in [4.69, 9.17) is 14.2 Å². The third-order valence-electron chi connectivity index (χ3n) is 3.99. The molecule has 148 valence electrons. The number of aromatic carboxylic acids is 1. The summed E-state index contributed by atoms with van der Waals surface area (Å²) in [6.07, 6.45) is -0.0795. The highest BCUT2D eigenvalue weighted by Gasteiger charge is 2.18. The highest BCUT2D eigenvalue weighted by atomic mass is 16.5. The molecular formula is C20H21NO7. The quantitative estimate of drug-likeness (QED) is 0.636. The number of ether oxygens (including phenoxy) is 3. The first-order chi connectivity index (χ1) is 13.4. The second kappa shape index (κ2) is 9.40. The molecular weight excluding hydrogens is 366 g/mol. The van der Waals surface area contributed by atoms with Gasteiger partial charge in [-0.15, -0.1) is 0 Å². The van der Waals surface area contributed by atoms with Crippen molar-refractivity contribution in [2.24, 2.45) is 0 Å². The number of ketones is 1. The summed E-state index contributed by atoms with van der Waals surface area (Å²) in [5.41, 5.74) is 0.559. The van der Waals surface area contributed by atoms with E-state index in [0.29, 0.717) is 11.3 Å². The number of hydrogen-bond acceptors (Lipinski definition) is 6. The lowest BCUT2D eigenvalue weighted by atomic mass is 10.1. The molecule has 1 amide bonds. The number of rotatable bonds is 9. The lowest BCUT2D eigenvalue weighted by Crippen LogP contribution is -2.15. The summed E-state index contributed by atoms with van der Waals surface area (Å²) in [5, 5.41) is 11.8. The first-order valence-electron chi connectivity index (χ1n) is 8.36. The molecule has 0 radical (unpaired) electrons. The number of anilines is 1. The van der Waals surface area contributed by atoms with Crippen LogP contribution in [0.1, 0.15) is 33.6 Å². The van der Waals surface area contributed by atoms with Crippen LogP contribution in [0, 0.1) is 0 Å². The fourth-order valence-electron chi connectivity index (χ4n) is 2.54. The SMILES string of the molecule is COc1ccc(C(=O)CCC(=O)Nc2cc(C(=O)O)cc(OC)c2OC)cc1. The molecule has 28 heavy (non-hydrogen) atoms. The molecule has 0 bridgehead atoms. The van der Waals surface area contributed by atoms with Crippen molar-refractivity contribution in [2.45, 2.75) is 12.8 Å². The predicted octanol–water partition coefficient (Wildman–Crippen LogP) is 3.01. The predicted molar refractivity (Wildman–Crippen MR) is 102 cm³/mol. The van der Waals surface area contributed by atoms with Crippen LogP contribution in [-0.4, -0.2) is 44.1 Å². The Hall–Kier alpha value is -3.55. The number of amides is 1. The Kier molecular flexibility index (Phi) is 6.97. The van der Waals surface area contributed by atoms with Crippen LogP contribution in [0.15, 0.2) is 36.4 Å². The van der Waals surface area contributed by atoms with Gasteiger partial charge in [0.05, 0.1) is 32.6 Å². The van der Waals surface area contributed by atoms with Crippen LogP contribution < -0.4 is 19.5 Å². The number of carbonyl (C=O) groups is 3. The Morgan fingerprint density at radius 3 is 2.11 bits per heavy atom. The van der Waals surface area contributed by atoms with Crippen molar-refractivity contribution in [2.75, 3.05) is 26.6 Å². The fourth-order valence-corrected chi connectivity index (χ4v) is 2.54. The summed E-state index contributed by atoms with van der Waals surface area (Å²) in [6, 6.07) is 9.16. The van der Waals surface area contributed by atoms with Gasteiger partial charge in [-0.3, -0.25) is 9.59 Å². The molecule has 8 heteroatoms. The minimum Gasteiger partial charge on any atom is -0.497 e. The van der Waals surface area contributed by atoms with Crippen LogP contribution in [0.3, 0.4) is 0 Å². The number of hydrogen-bond donors (Lipinski definition) is 2. The van der Waals surface area contributed by atoms with Crippen molar-refractivity contribution in [1.82, 2.24) is 0 Å². The fraction of sp³-hybridized carbons (Fsp3) is 0.250. The van der Waals surface area contributed by atoms with E-state index in [1.165, 1.54) is 33.5 Å². The van der Waals surface area contributed by atoms with Gasteiger partial charge in [0, 0.05) is 18.4 Å². The summed E-state index contributed by atoms with van der Waals surface area (Å²) in [5.74, 6) is -0.819. The number of carboxylic acid groups (broad SMARTS) is 1. The van der Waals surface area contributed by atoms with Gasteiger partial charge in [-0.05, 0) is 36.4 Å².